The first-order chi connectivity index (χ1) is 16.0. The Morgan fingerprint density at radius 1 is 0.939 bits per heavy atom. The molecular weight excluding hydrogens is 419 g/mol. The molecule has 1 amide bonds. The van der Waals surface area contributed by atoms with Crippen molar-refractivity contribution in [2.24, 2.45) is 0 Å². The normalized spacial score (nSPS) is 22.5. The van der Waals surface area contributed by atoms with E-state index < -0.39 is 11.1 Å². The lowest BCUT2D eigenvalue weighted by molar-refractivity contribution is -0.0616. The summed E-state index contributed by atoms with van der Waals surface area (Å²) in [5, 5.41) is 0. The number of rotatable bonds is 5. The number of benzene rings is 2. The number of likely N-dealkylation sites (tertiary alicyclic amines) is 1. The highest BCUT2D eigenvalue weighted by atomic mass is 19.1. The molecule has 3 aromatic rings. The van der Waals surface area contributed by atoms with Gasteiger partial charge in [-0.1, -0.05) is 42.5 Å². The Hall–Kier alpha value is -3.32. The fraction of sp³-hybridized carbons (Fsp3) is 0.346. The molecule has 2 aliphatic rings. The van der Waals surface area contributed by atoms with Crippen molar-refractivity contribution >= 4 is 6.09 Å². The van der Waals surface area contributed by atoms with Crippen molar-refractivity contribution in [1.29, 1.82) is 0 Å². The highest BCUT2D eigenvalue weighted by Gasteiger charge is 2.63. The number of ether oxygens (including phenoxy) is 1. The van der Waals surface area contributed by atoms with Crippen LogP contribution in [0.5, 0.6) is 0 Å². The minimum atomic E-state index is -0.660. The maximum atomic E-state index is 13.3. The van der Waals surface area contributed by atoms with Gasteiger partial charge in [0, 0.05) is 44.9 Å². The molecule has 1 unspecified atom stereocenters. The van der Waals surface area contributed by atoms with Gasteiger partial charge in [-0.3, -0.25) is 9.80 Å². The van der Waals surface area contributed by atoms with Crippen molar-refractivity contribution < 1.29 is 13.9 Å². The van der Waals surface area contributed by atoms with Crippen LogP contribution < -0.4 is 0 Å². The van der Waals surface area contributed by atoms with E-state index in [-0.39, 0.29) is 18.5 Å². The molecule has 0 bridgehead atoms. The van der Waals surface area contributed by atoms with Gasteiger partial charge < -0.3 is 4.74 Å². The SMILES string of the molecule is CC1(c2ccccc2)N(Cc2ncccn2)C(=O)OC12CCN(Cc1ccc(F)cc1)CC2. The van der Waals surface area contributed by atoms with Crippen LogP contribution in [0.2, 0.25) is 0 Å². The van der Waals surface area contributed by atoms with Gasteiger partial charge in [0.05, 0.1) is 6.54 Å². The second-order valence-corrected chi connectivity index (χ2v) is 8.95. The molecule has 3 heterocycles. The van der Waals surface area contributed by atoms with Crippen LogP contribution in [0, 0.1) is 5.82 Å². The molecule has 0 aliphatic carbocycles. The van der Waals surface area contributed by atoms with Crippen LogP contribution in [0.25, 0.3) is 0 Å². The predicted octanol–water partition coefficient (Wildman–Crippen LogP) is 4.52. The molecule has 2 aromatic carbocycles. The topological polar surface area (TPSA) is 58.6 Å². The molecule has 6 nitrogen and oxygen atoms in total. The summed E-state index contributed by atoms with van der Waals surface area (Å²) in [4.78, 5) is 26.0. The second kappa shape index (κ2) is 8.56. The molecule has 33 heavy (non-hydrogen) atoms. The van der Waals surface area contributed by atoms with Crippen LogP contribution in [0.4, 0.5) is 9.18 Å². The number of hydrogen-bond acceptors (Lipinski definition) is 5. The number of hydrogen-bond donors (Lipinski definition) is 0. The van der Waals surface area contributed by atoms with Gasteiger partial charge in [-0.15, -0.1) is 0 Å². The monoisotopic (exact) mass is 446 g/mol. The average molecular weight is 447 g/mol. The van der Waals surface area contributed by atoms with Crippen molar-refractivity contribution in [3.63, 3.8) is 0 Å². The van der Waals surface area contributed by atoms with Crippen molar-refractivity contribution in [3.8, 4) is 0 Å². The number of nitrogens with zero attached hydrogens (tertiary/aromatic N) is 4. The summed E-state index contributed by atoms with van der Waals surface area (Å²) >= 11 is 0. The van der Waals surface area contributed by atoms with E-state index in [1.807, 2.05) is 30.3 Å². The number of carbonyl (C=O) groups excluding carboxylic acids is 1. The zero-order chi connectivity index (χ0) is 22.9. The Morgan fingerprint density at radius 3 is 2.27 bits per heavy atom. The number of piperidine rings is 1. The van der Waals surface area contributed by atoms with E-state index in [2.05, 4.69) is 33.9 Å². The molecule has 7 heteroatoms. The summed E-state index contributed by atoms with van der Waals surface area (Å²) in [7, 11) is 0. The highest BCUT2D eigenvalue weighted by molar-refractivity contribution is 5.73. The molecule has 2 fully saturated rings. The molecule has 1 spiro atoms. The van der Waals surface area contributed by atoms with E-state index in [1.54, 1.807) is 23.4 Å². The Balaban J connectivity index is 1.42. The third kappa shape index (κ3) is 3.86. The van der Waals surface area contributed by atoms with Gasteiger partial charge in [0.15, 0.2) is 0 Å². The van der Waals surface area contributed by atoms with Crippen LogP contribution in [-0.2, 0) is 23.4 Å². The summed E-state index contributed by atoms with van der Waals surface area (Å²) in [6.07, 6.45) is 4.45. The maximum Gasteiger partial charge on any atom is 0.411 e. The molecule has 2 saturated heterocycles. The van der Waals surface area contributed by atoms with Gasteiger partial charge in [-0.25, -0.2) is 19.2 Å². The fourth-order valence-corrected chi connectivity index (χ4v) is 5.22. The number of aromatic nitrogens is 2. The van der Waals surface area contributed by atoms with E-state index in [1.165, 1.54) is 12.1 Å². The Bertz CT molecular complexity index is 1100. The number of amides is 1. The highest BCUT2D eigenvalue weighted by Crippen LogP contribution is 2.52. The van der Waals surface area contributed by atoms with Gasteiger partial charge in [0.1, 0.15) is 22.8 Å². The molecule has 170 valence electrons. The molecule has 1 atom stereocenters. The minimum absolute atomic E-state index is 0.227. The average Bonchev–Trinajstić information content (AvgIpc) is 3.05. The summed E-state index contributed by atoms with van der Waals surface area (Å²) < 4.78 is 19.5. The molecule has 0 N–H and O–H groups in total. The van der Waals surface area contributed by atoms with Gasteiger partial charge in [0.25, 0.3) is 0 Å². The first kappa shape index (κ1) is 21.5. The van der Waals surface area contributed by atoms with Gasteiger partial charge in [0.2, 0.25) is 0 Å². The number of halogens is 1. The molecule has 0 radical (unpaired) electrons. The van der Waals surface area contributed by atoms with Crippen LogP contribution in [0.1, 0.15) is 36.7 Å². The van der Waals surface area contributed by atoms with Crippen LogP contribution in [-0.4, -0.2) is 44.6 Å². The van der Waals surface area contributed by atoms with Crippen LogP contribution in [0.3, 0.4) is 0 Å². The van der Waals surface area contributed by atoms with Gasteiger partial charge >= 0.3 is 6.09 Å². The smallest absolute Gasteiger partial charge is 0.411 e. The molecule has 2 aliphatic heterocycles. The lowest BCUT2D eigenvalue weighted by Gasteiger charge is -2.48. The zero-order valence-electron chi connectivity index (χ0n) is 18.7. The largest absolute Gasteiger partial charge is 0.440 e. The lowest BCUT2D eigenvalue weighted by Crippen LogP contribution is -2.58. The Labute approximate surface area is 193 Å². The Kier molecular flexibility index (Phi) is 5.58. The molecule has 0 saturated carbocycles. The van der Waals surface area contributed by atoms with Crippen LogP contribution in [0.15, 0.2) is 73.1 Å². The van der Waals surface area contributed by atoms with Crippen molar-refractivity contribution in [1.82, 2.24) is 19.8 Å². The minimum Gasteiger partial charge on any atom is -0.440 e. The van der Waals surface area contributed by atoms with E-state index in [0.717, 1.165) is 30.8 Å². The molecule has 1 aromatic heterocycles. The molecule has 5 rings (SSSR count). The third-order valence-corrected chi connectivity index (χ3v) is 7.17. The lowest BCUT2D eigenvalue weighted by atomic mass is 9.70. The Morgan fingerprint density at radius 2 is 1.61 bits per heavy atom. The predicted molar refractivity (Wildman–Crippen MR) is 121 cm³/mol. The summed E-state index contributed by atoms with van der Waals surface area (Å²) in [6, 6.07) is 18.5. The quantitative estimate of drug-likeness (QED) is 0.577. The van der Waals surface area contributed by atoms with Crippen molar-refractivity contribution in [2.75, 3.05) is 13.1 Å². The van der Waals surface area contributed by atoms with E-state index in [0.29, 0.717) is 18.7 Å². The van der Waals surface area contributed by atoms with E-state index >= 15 is 0 Å². The standard InChI is InChI=1S/C26H27FN4O2/c1-25(21-6-3-2-4-7-21)26(33-24(32)31(25)19-23-28-14-5-15-29-23)12-16-30(17-13-26)18-20-8-10-22(27)11-9-20/h2-11,14-15H,12-13,16-19H2,1H3. The summed E-state index contributed by atoms with van der Waals surface area (Å²) in [5.74, 6) is 0.359. The summed E-state index contributed by atoms with van der Waals surface area (Å²) in [5.41, 5.74) is 0.801. The zero-order valence-corrected chi connectivity index (χ0v) is 18.7. The third-order valence-electron chi connectivity index (χ3n) is 7.17. The molecular formula is C26H27FN4O2. The van der Waals surface area contributed by atoms with E-state index in [4.69, 9.17) is 4.74 Å². The maximum absolute atomic E-state index is 13.3. The number of carbonyl (C=O) groups is 1. The van der Waals surface area contributed by atoms with Gasteiger partial charge in [-0.2, -0.15) is 0 Å². The first-order valence-corrected chi connectivity index (χ1v) is 11.3. The van der Waals surface area contributed by atoms with E-state index in [9.17, 15) is 9.18 Å². The van der Waals surface area contributed by atoms with Crippen LogP contribution >= 0.6 is 0 Å². The fourth-order valence-electron chi connectivity index (χ4n) is 5.22. The first-order valence-electron chi connectivity index (χ1n) is 11.3. The second-order valence-electron chi connectivity index (χ2n) is 8.95. The summed E-state index contributed by atoms with van der Waals surface area (Å²) in [6.45, 7) is 4.69. The van der Waals surface area contributed by atoms with Gasteiger partial charge in [-0.05, 0) is 36.2 Å². The van der Waals surface area contributed by atoms with Crippen molar-refractivity contribution in [2.45, 2.75) is 44.0 Å². The van der Waals surface area contributed by atoms with Crippen molar-refractivity contribution in [3.05, 3.63) is 95.8 Å².